The minimum absolute atomic E-state index is 0.327. The van der Waals surface area contributed by atoms with Gasteiger partial charge in [0.2, 0.25) is 0 Å². The average molecular weight is 274 g/mol. The van der Waals surface area contributed by atoms with E-state index in [4.69, 9.17) is 10.5 Å². The monoisotopic (exact) mass is 274 g/mol. The van der Waals surface area contributed by atoms with Crippen molar-refractivity contribution in [1.29, 1.82) is 0 Å². The Labute approximate surface area is 116 Å². The second-order valence-corrected chi connectivity index (χ2v) is 5.04. The predicted molar refractivity (Wildman–Crippen MR) is 75.7 cm³/mol. The number of esters is 1. The predicted octanol–water partition coefficient (Wildman–Crippen LogP) is 0.998. The van der Waals surface area contributed by atoms with Crippen molar-refractivity contribution in [2.24, 2.45) is 0 Å². The summed E-state index contributed by atoms with van der Waals surface area (Å²) in [5.41, 5.74) is 7.06. The molecule has 2 aromatic heterocycles. The molecule has 0 bridgehead atoms. The summed E-state index contributed by atoms with van der Waals surface area (Å²) < 4.78 is 6.64. The van der Waals surface area contributed by atoms with Crippen LogP contribution in [0.25, 0.3) is 5.52 Å². The molecule has 0 amide bonds. The van der Waals surface area contributed by atoms with E-state index < -0.39 is 5.97 Å². The number of nitrogen functional groups attached to an aromatic ring is 1. The van der Waals surface area contributed by atoms with Crippen LogP contribution >= 0.6 is 0 Å². The third-order valence-electron chi connectivity index (χ3n) is 3.73. The molecule has 1 fully saturated rings. The van der Waals surface area contributed by atoms with Gasteiger partial charge >= 0.3 is 5.97 Å². The first-order chi connectivity index (χ1) is 9.70. The molecule has 0 radical (unpaired) electrons. The summed E-state index contributed by atoms with van der Waals surface area (Å²) in [4.78, 5) is 16.3. The molecule has 0 saturated carbocycles. The van der Waals surface area contributed by atoms with E-state index in [1.165, 1.54) is 13.5 Å². The second kappa shape index (κ2) is 5.13. The number of hydrogen-bond acceptors (Lipinski definition) is 5. The van der Waals surface area contributed by atoms with Crippen LogP contribution < -0.4 is 11.1 Å². The summed E-state index contributed by atoms with van der Waals surface area (Å²) in [7, 11) is 1.36. The summed E-state index contributed by atoms with van der Waals surface area (Å²) in [6.07, 6.45) is 3.05. The number of hydrogen-bond donors (Lipinski definition) is 2. The summed E-state index contributed by atoms with van der Waals surface area (Å²) in [5, 5.41) is 3.43. The lowest BCUT2D eigenvalue weighted by atomic mass is 10.1. The lowest BCUT2D eigenvalue weighted by Crippen LogP contribution is -2.24. The molecular weight excluding hydrogens is 256 g/mol. The largest absolute Gasteiger partial charge is 0.464 e. The maximum absolute atomic E-state index is 11.8. The Hall–Kier alpha value is -2.08. The lowest BCUT2D eigenvalue weighted by molar-refractivity contribution is 0.0597. The standard InChI is InChI=1S/C14H18N4O2/c1-20-14(19)13-10-5-2-6-11(15)18(10)12(17-13)8-9-4-3-7-16-9/h2,5-6,9,16H,3-4,7-8,15H2,1H3. The SMILES string of the molecule is COC(=O)c1nc(CC2CCCN2)n2c(N)cccc12. The van der Waals surface area contributed by atoms with Crippen LogP contribution in [0.4, 0.5) is 5.82 Å². The number of ether oxygens (including phenoxy) is 1. The molecule has 3 rings (SSSR count). The van der Waals surface area contributed by atoms with Gasteiger partial charge in [0.1, 0.15) is 11.6 Å². The van der Waals surface area contributed by atoms with Gasteiger partial charge in [0.25, 0.3) is 0 Å². The molecule has 20 heavy (non-hydrogen) atoms. The Morgan fingerprint density at radius 3 is 3.15 bits per heavy atom. The molecule has 6 heteroatoms. The number of carbonyl (C=O) groups excluding carboxylic acids is 1. The van der Waals surface area contributed by atoms with Gasteiger partial charge in [0.05, 0.1) is 12.6 Å². The summed E-state index contributed by atoms with van der Waals surface area (Å²) in [6, 6.07) is 5.85. The number of aromatic nitrogens is 2. The Morgan fingerprint density at radius 1 is 1.60 bits per heavy atom. The smallest absolute Gasteiger partial charge is 0.358 e. The van der Waals surface area contributed by atoms with Gasteiger partial charge in [-0.05, 0) is 31.5 Å². The third-order valence-corrected chi connectivity index (χ3v) is 3.73. The number of methoxy groups -OCH3 is 1. The van der Waals surface area contributed by atoms with E-state index in [-0.39, 0.29) is 0 Å². The number of rotatable bonds is 3. The molecule has 1 unspecified atom stereocenters. The second-order valence-electron chi connectivity index (χ2n) is 5.04. The molecule has 1 atom stereocenters. The summed E-state index contributed by atoms with van der Waals surface area (Å²) in [5.74, 6) is 0.954. The van der Waals surface area contributed by atoms with Gasteiger partial charge in [-0.25, -0.2) is 9.78 Å². The highest BCUT2D eigenvalue weighted by atomic mass is 16.5. The zero-order valence-corrected chi connectivity index (χ0v) is 11.4. The van der Waals surface area contributed by atoms with Gasteiger partial charge in [-0.3, -0.25) is 4.40 Å². The Balaban J connectivity index is 2.08. The molecule has 1 aliphatic heterocycles. The number of nitrogens with two attached hydrogens (primary N) is 1. The van der Waals surface area contributed by atoms with E-state index in [0.29, 0.717) is 23.1 Å². The number of imidazole rings is 1. The third kappa shape index (κ3) is 2.12. The maximum Gasteiger partial charge on any atom is 0.358 e. The molecule has 1 aliphatic rings. The number of nitrogens with zero attached hydrogens (tertiary/aromatic N) is 2. The van der Waals surface area contributed by atoms with Crippen molar-refractivity contribution in [2.75, 3.05) is 19.4 Å². The molecule has 3 N–H and O–H groups in total. The van der Waals surface area contributed by atoms with Crippen molar-refractivity contribution in [3.63, 3.8) is 0 Å². The van der Waals surface area contributed by atoms with Gasteiger partial charge < -0.3 is 15.8 Å². The van der Waals surface area contributed by atoms with Crippen LogP contribution in [0.5, 0.6) is 0 Å². The van der Waals surface area contributed by atoms with Crippen molar-refractivity contribution in [2.45, 2.75) is 25.3 Å². The molecule has 0 spiro atoms. The fraction of sp³-hybridized carbons (Fsp3) is 0.429. The quantitative estimate of drug-likeness (QED) is 0.816. The van der Waals surface area contributed by atoms with E-state index in [1.54, 1.807) is 6.07 Å². The number of nitrogens with one attached hydrogen (secondary N) is 1. The lowest BCUT2D eigenvalue weighted by Gasteiger charge is -2.10. The first-order valence-electron chi connectivity index (χ1n) is 6.78. The Bertz CT molecular complexity index is 644. The van der Waals surface area contributed by atoms with Gasteiger partial charge in [0, 0.05) is 12.5 Å². The number of fused-ring (bicyclic) bond motifs is 1. The van der Waals surface area contributed by atoms with Crippen LogP contribution in [0.3, 0.4) is 0 Å². The van der Waals surface area contributed by atoms with E-state index in [2.05, 4.69) is 10.3 Å². The average Bonchev–Trinajstić information content (AvgIpc) is 3.07. The highest BCUT2D eigenvalue weighted by Gasteiger charge is 2.22. The molecule has 2 aromatic rings. The van der Waals surface area contributed by atoms with Gasteiger partial charge in [-0.15, -0.1) is 0 Å². The van der Waals surface area contributed by atoms with Crippen LogP contribution in [-0.4, -0.2) is 35.1 Å². The van der Waals surface area contributed by atoms with Gasteiger partial charge in [-0.2, -0.15) is 0 Å². The van der Waals surface area contributed by atoms with E-state index in [1.807, 2.05) is 16.5 Å². The highest BCUT2D eigenvalue weighted by molar-refractivity contribution is 5.95. The van der Waals surface area contributed by atoms with Crippen LogP contribution in [0.15, 0.2) is 18.2 Å². The first-order valence-corrected chi connectivity index (χ1v) is 6.78. The topological polar surface area (TPSA) is 81.6 Å². The number of carbonyl (C=O) groups is 1. The molecule has 3 heterocycles. The van der Waals surface area contributed by atoms with Crippen molar-refractivity contribution >= 4 is 17.3 Å². The number of anilines is 1. The summed E-state index contributed by atoms with van der Waals surface area (Å²) >= 11 is 0. The van der Waals surface area contributed by atoms with Gasteiger partial charge in [-0.1, -0.05) is 6.07 Å². The van der Waals surface area contributed by atoms with E-state index >= 15 is 0 Å². The van der Waals surface area contributed by atoms with E-state index in [9.17, 15) is 4.79 Å². The first kappa shape index (κ1) is 12.9. The minimum Gasteiger partial charge on any atom is -0.464 e. The highest BCUT2D eigenvalue weighted by Crippen LogP contribution is 2.20. The molecule has 0 aliphatic carbocycles. The van der Waals surface area contributed by atoms with Crippen LogP contribution in [0.2, 0.25) is 0 Å². The van der Waals surface area contributed by atoms with Crippen molar-refractivity contribution in [1.82, 2.24) is 14.7 Å². The van der Waals surface area contributed by atoms with Crippen molar-refractivity contribution in [3.05, 3.63) is 29.7 Å². The van der Waals surface area contributed by atoms with Crippen LogP contribution in [0, 0.1) is 0 Å². The Kier molecular flexibility index (Phi) is 3.31. The zero-order valence-electron chi connectivity index (χ0n) is 11.4. The molecule has 6 nitrogen and oxygen atoms in total. The maximum atomic E-state index is 11.8. The molecule has 106 valence electrons. The number of pyridine rings is 1. The summed E-state index contributed by atoms with van der Waals surface area (Å²) in [6.45, 7) is 1.04. The Morgan fingerprint density at radius 2 is 2.45 bits per heavy atom. The fourth-order valence-electron chi connectivity index (χ4n) is 2.77. The molecule has 0 aromatic carbocycles. The normalized spacial score (nSPS) is 18.6. The molecule has 1 saturated heterocycles. The molecular formula is C14H18N4O2. The minimum atomic E-state index is -0.432. The van der Waals surface area contributed by atoms with Crippen molar-refractivity contribution < 1.29 is 9.53 Å². The van der Waals surface area contributed by atoms with Gasteiger partial charge in [0.15, 0.2) is 5.69 Å². The van der Waals surface area contributed by atoms with Crippen LogP contribution in [-0.2, 0) is 11.2 Å². The fourth-order valence-corrected chi connectivity index (χ4v) is 2.77. The zero-order chi connectivity index (χ0) is 14.1. The van der Waals surface area contributed by atoms with Crippen LogP contribution in [0.1, 0.15) is 29.2 Å². The van der Waals surface area contributed by atoms with E-state index in [0.717, 1.165) is 25.2 Å². The van der Waals surface area contributed by atoms with Crippen molar-refractivity contribution in [3.8, 4) is 0 Å².